The minimum Gasteiger partial charge on any atom is -0.325 e. The van der Waals surface area contributed by atoms with E-state index in [0.717, 1.165) is 0 Å². The minimum absolute atomic E-state index is 0.833. The lowest BCUT2D eigenvalue weighted by atomic mass is 10.4. The summed E-state index contributed by atoms with van der Waals surface area (Å²) in [5, 5.41) is 0. The molecular weight excluding hydrogens is 181 g/mol. The molecule has 9 heteroatoms. The summed E-state index contributed by atoms with van der Waals surface area (Å²) in [6.07, 6.45) is -10.3. The van der Waals surface area contributed by atoms with E-state index in [1.54, 1.807) is 0 Å². The maximum atomic E-state index is 10.9. The van der Waals surface area contributed by atoms with Crippen LogP contribution in [0, 0.1) is 0 Å². The van der Waals surface area contributed by atoms with Crippen LogP contribution in [-0.2, 0) is 9.31 Å². The Morgan fingerprint density at radius 1 is 0.727 bits per heavy atom. The van der Waals surface area contributed by atoms with Gasteiger partial charge in [-0.1, -0.05) is 0 Å². The van der Waals surface area contributed by atoms with Crippen molar-refractivity contribution in [2.75, 3.05) is 0 Å². The molecule has 0 heterocycles. The number of rotatable bonds is 2. The Balaban J connectivity index is 3.44. The molecule has 0 atom stereocenters. The van der Waals surface area contributed by atoms with Crippen molar-refractivity contribution in [3.05, 3.63) is 0 Å². The molecule has 0 aromatic carbocycles. The predicted molar refractivity (Wildman–Crippen MR) is 20.0 cm³/mol. The quantitative estimate of drug-likeness (QED) is 0.475. The summed E-state index contributed by atoms with van der Waals surface area (Å²) in [6, 6.07) is 0. The van der Waals surface area contributed by atoms with Crippen molar-refractivity contribution in [3.63, 3.8) is 0 Å². The fraction of sp³-hybridized carbons (Fsp3) is 1.00. The summed E-state index contributed by atoms with van der Waals surface area (Å²) in [6.45, 7) is 0. The Kier molecular flexibility index (Phi) is 3.18. The number of hydrogen-bond acceptors (Lipinski definition) is 2. The maximum Gasteiger partial charge on any atom is 0.510 e. The van der Waals surface area contributed by atoms with Crippen LogP contribution in [0.5, 0.6) is 0 Å². The van der Waals surface area contributed by atoms with Crippen LogP contribution < -0.4 is 0 Å². The third-order valence-electron chi connectivity index (χ3n) is 0.363. The van der Waals surface area contributed by atoms with E-state index in [4.69, 9.17) is 0 Å². The van der Waals surface area contributed by atoms with Gasteiger partial charge in [0.15, 0.2) is 0 Å². The van der Waals surface area contributed by atoms with Crippen LogP contribution in [0.3, 0.4) is 0 Å². The zero-order valence-corrected chi connectivity index (χ0v) is 4.66. The van der Waals surface area contributed by atoms with Crippen molar-refractivity contribution in [2.45, 2.75) is 12.7 Å². The first-order chi connectivity index (χ1) is 4.71. The molecule has 11 heavy (non-hydrogen) atoms. The highest BCUT2D eigenvalue weighted by molar-refractivity contribution is 6.18. The van der Waals surface area contributed by atoms with Gasteiger partial charge in [0.05, 0.1) is 0 Å². The third-order valence-corrected chi connectivity index (χ3v) is 0.363. The topological polar surface area (TPSA) is 18.5 Å². The molecule has 0 unspecified atom stereocenters. The summed E-state index contributed by atoms with van der Waals surface area (Å²) >= 11 is 0. The molecule has 0 N–H and O–H groups in total. The first-order valence-corrected chi connectivity index (χ1v) is 2.01. The molecule has 65 valence electrons. The summed E-state index contributed by atoms with van der Waals surface area (Å²) in [5.74, 6) is 0. The Hall–Kier alpha value is -0.435. The average Bonchev–Trinajstić information content (AvgIpc) is 1.55. The summed E-state index contributed by atoms with van der Waals surface area (Å²) in [4.78, 5) is 0. The van der Waals surface area contributed by atoms with Gasteiger partial charge in [-0.3, -0.25) is 0 Å². The smallest absolute Gasteiger partial charge is 0.325 e. The standard InChI is InChI=1S/C2BF6O2/c4-1(5,6)10-3-11-2(7,8)9. The normalized spacial score (nSPS) is 13.3. The van der Waals surface area contributed by atoms with Gasteiger partial charge in [0.25, 0.3) is 0 Å². The van der Waals surface area contributed by atoms with Gasteiger partial charge in [-0.2, -0.15) is 0 Å². The molecule has 0 saturated carbocycles. The molecule has 0 saturated heterocycles. The zero-order valence-electron chi connectivity index (χ0n) is 4.66. The molecule has 0 bridgehead atoms. The van der Waals surface area contributed by atoms with Gasteiger partial charge in [0.1, 0.15) is 0 Å². The van der Waals surface area contributed by atoms with Crippen LogP contribution >= 0.6 is 0 Å². The second-order valence-electron chi connectivity index (χ2n) is 1.22. The van der Waals surface area contributed by atoms with E-state index in [1.165, 1.54) is 0 Å². The van der Waals surface area contributed by atoms with Crippen LogP contribution in [0.15, 0.2) is 0 Å². The summed E-state index contributed by atoms with van der Waals surface area (Å²) < 4.78 is 70.7. The van der Waals surface area contributed by atoms with Gasteiger partial charge >= 0.3 is 20.4 Å². The molecule has 0 fully saturated rings. The molecule has 2 nitrogen and oxygen atoms in total. The van der Waals surface area contributed by atoms with Crippen molar-refractivity contribution in [1.82, 2.24) is 0 Å². The van der Waals surface area contributed by atoms with E-state index in [0.29, 0.717) is 0 Å². The van der Waals surface area contributed by atoms with Crippen molar-refractivity contribution < 1.29 is 35.7 Å². The van der Waals surface area contributed by atoms with E-state index in [9.17, 15) is 26.3 Å². The van der Waals surface area contributed by atoms with Crippen LogP contribution in [0.1, 0.15) is 0 Å². The van der Waals surface area contributed by atoms with Crippen LogP contribution in [-0.4, -0.2) is 20.4 Å². The van der Waals surface area contributed by atoms with Gasteiger partial charge in [-0.15, -0.1) is 26.3 Å². The van der Waals surface area contributed by atoms with E-state index in [1.807, 2.05) is 0 Å². The molecule has 0 amide bonds. The highest BCUT2D eigenvalue weighted by Gasteiger charge is 2.35. The molecule has 0 rings (SSSR count). The molecular formula is C2BF6O2. The Morgan fingerprint density at radius 3 is 1.18 bits per heavy atom. The highest BCUT2D eigenvalue weighted by atomic mass is 19.4. The van der Waals surface area contributed by atoms with Gasteiger partial charge in [-0.25, -0.2) is 0 Å². The number of halogens is 6. The second kappa shape index (κ2) is 3.31. The van der Waals surface area contributed by atoms with E-state index in [2.05, 4.69) is 9.31 Å². The van der Waals surface area contributed by atoms with E-state index >= 15 is 0 Å². The molecule has 0 aliphatic heterocycles. The lowest BCUT2D eigenvalue weighted by Gasteiger charge is -2.07. The summed E-state index contributed by atoms with van der Waals surface area (Å²) in [7, 11) is -0.833. The zero-order chi connectivity index (χ0) is 9.12. The van der Waals surface area contributed by atoms with Crippen molar-refractivity contribution in [2.24, 2.45) is 0 Å². The Labute approximate surface area is 57.4 Å². The highest BCUT2D eigenvalue weighted by Crippen LogP contribution is 2.19. The molecule has 0 aromatic heterocycles. The number of alkyl halides is 6. The second-order valence-corrected chi connectivity index (χ2v) is 1.22. The van der Waals surface area contributed by atoms with Gasteiger partial charge in [0.2, 0.25) is 0 Å². The van der Waals surface area contributed by atoms with Crippen molar-refractivity contribution in [1.29, 1.82) is 0 Å². The fourth-order valence-corrected chi connectivity index (χ4v) is 0.133. The van der Waals surface area contributed by atoms with Gasteiger partial charge < -0.3 is 9.31 Å². The van der Waals surface area contributed by atoms with Crippen molar-refractivity contribution in [3.8, 4) is 0 Å². The van der Waals surface area contributed by atoms with Crippen LogP contribution in [0.4, 0.5) is 26.3 Å². The first-order valence-electron chi connectivity index (χ1n) is 2.01. The van der Waals surface area contributed by atoms with Crippen molar-refractivity contribution >= 4 is 7.69 Å². The Morgan fingerprint density at radius 2 is 1.00 bits per heavy atom. The third kappa shape index (κ3) is 9.56. The molecule has 0 spiro atoms. The van der Waals surface area contributed by atoms with Gasteiger partial charge in [-0.05, 0) is 0 Å². The summed E-state index contributed by atoms with van der Waals surface area (Å²) in [5.41, 5.74) is 0. The lowest BCUT2D eigenvalue weighted by molar-refractivity contribution is -0.311. The SMILES string of the molecule is FC(F)(F)O[B]OC(F)(F)F. The van der Waals surface area contributed by atoms with Gasteiger partial charge in [0, 0.05) is 0 Å². The average molecular weight is 181 g/mol. The predicted octanol–water partition coefficient (Wildman–Crippen LogP) is 1.59. The maximum absolute atomic E-state index is 10.9. The molecule has 0 aliphatic carbocycles. The molecule has 0 aromatic rings. The van der Waals surface area contributed by atoms with E-state index < -0.39 is 20.4 Å². The fourth-order valence-electron chi connectivity index (χ4n) is 0.133. The lowest BCUT2D eigenvalue weighted by Crippen LogP contribution is -2.24. The first kappa shape index (κ1) is 10.6. The van der Waals surface area contributed by atoms with Crippen LogP contribution in [0.25, 0.3) is 0 Å². The number of hydrogen-bond donors (Lipinski definition) is 0. The minimum atomic E-state index is -5.16. The van der Waals surface area contributed by atoms with Crippen LogP contribution in [0.2, 0.25) is 0 Å². The molecule has 0 aliphatic rings. The largest absolute Gasteiger partial charge is 0.510 e. The van der Waals surface area contributed by atoms with E-state index in [-0.39, 0.29) is 0 Å². The molecule has 1 radical (unpaired) electrons. The monoisotopic (exact) mass is 181 g/mol. The Bertz CT molecular complexity index is 103.